The van der Waals surface area contributed by atoms with Crippen LogP contribution < -0.4 is 10.5 Å². The summed E-state index contributed by atoms with van der Waals surface area (Å²) < 4.78 is 5.65. The summed E-state index contributed by atoms with van der Waals surface area (Å²) in [5, 5.41) is 0.615. The third-order valence-corrected chi connectivity index (χ3v) is 3.00. The molecule has 2 N–H and O–H groups in total. The molecule has 2 aromatic rings. The number of halogens is 1. The van der Waals surface area contributed by atoms with Crippen molar-refractivity contribution in [3.8, 4) is 5.75 Å². The first-order valence-corrected chi connectivity index (χ1v) is 6.11. The fourth-order valence-electron chi connectivity index (χ4n) is 1.55. The zero-order chi connectivity index (χ0) is 13.0. The molecule has 0 bridgehead atoms. The number of benzene rings is 1. The van der Waals surface area contributed by atoms with Crippen molar-refractivity contribution in [2.24, 2.45) is 5.73 Å². The van der Waals surface area contributed by atoms with E-state index in [-0.39, 0.29) is 6.04 Å². The number of nitrogens with zero attached hydrogens (tertiary/aromatic N) is 1. The van der Waals surface area contributed by atoms with Gasteiger partial charge in [0.1, 0.15) is 12.4 Å². The molecule has 1 aromatic carbocycles. The van der Waals surface area contributed by atoms with Crippen molar-refractivity contribution in [2.45, 2.75) is 19.6 Å². The maximum atomic E-state index is 6.00. The van der Waals surface area contributed by atoms with Crippen LogP contribution in [0.2, 0.25) is 5.02 Å². The van der Waals surface area contributed by atoms with Crippen molar-refractivity contribution in [1.82, 2.24) is 4.98 Å². The zero-order valence-electron chi connectivity index (χ0n) is 10.1. The number of hydrogen-bond donors (Lipinski definition) is 1. The van der Waals surface area contributed by atoms with Crippen LogP contribution in [0.25, 0.3) is 0 Å². The highest BCUT2D eigenvalue weighted by molar-refractivity contribution is 6.31. The summed E-state index contributed by atoms with van der Waals surface area (Å²) in [6.07, 6.45) is 3.31. The van der Waals surface area contributed by atoms with E-state index >= 15 is 0 Å². The summed E-state index contributed by atoms with van der Waals surface area (Å²) in [7, 11) is 0. The summed E-state index contributed by atoms with van der Waals surface area (Å²) in [5.41, 5.74) is 7.79. The van der Waals surface area contributed by atoms with Crippen molar-refractivity contribution < 1.29 is 4.74 Å². The van der Waals surface area contributed by atoms with Gasteiger partial charge >= 0.3 is 0 Å². The lowest BCUT2D eigenvalue weighted by atomic mass is 10.1. The van der Waals surface area contributed by atoms with Gasteiger partial charge in [-0.05, 0) is 30.7 Å². The molecule has 0 radical (unpaired) electrons. The lowest BCUT2D eigenvalue weighted by Gasteiger charge is -2.09. The predicted octanol–water partition coefficient (Wildman–Crippen LogP) is 3.33. The van der Waals surface area contributed by atoms with Crippen molar-refractivity contribution in [2.75, 3.05) is 0 Å². The summed E-state index contributed by atoms with van der Waals surface area (Å²) >= 11 is 6.00. The zero-order valence-corrected chi connectivity index (χ0v) is 10.9. The second-order valence-electron chi connectivity index (χ2n) is 4.11. The van der Waals surface area contributed by atoms with E-state index in [2.05, 4.69) is 4.98 Å². The molecule has 0 spiro atoms. The Kier molecular flexibility index (Phi) is 4.18. The molecule has 0 saturated carbocycles. The van der Waals surface area contributed by atoms with Gasteiger partial charge in [-0.2, -0.15) is 0 Å². The normalized spacial score (nSPS) is 12.2. The highest BCUT2D eigenvalue weighted by Gasteiger charge is 2.02. The van der Waals surface area contributed by atoms with Crippen LogP contribution >= 0.6 is 11.6 Å². The first-order valence-electron chi connectivity index (χ1n) is 5.73. The van der Waals surface area contributed by atoms with Gasteiger partial charge in [-0.3, -0.25) is 4.98 Å². The third kappa shape index (κ3) is 3.22. The summed E-state index contributed by atoms with van der Waals surface area (Å²) in [4.78, 5) is 3.93. The maximum absolute atomic E-state index is 6.00. The topological polar surface area (TPSA) is 48.1 Å². The van der Waals surface area contributed by atoms with Gasteiger partial charge in [-0.25, -0.2) is 0 Å². The van der Waals surface area contributed by atoms with Gasteiger partial charge < -0.3 is 10.5 Å². The van der Waals surface area contributed by atoms with Gasteiger partial charge in [0.05, 0.1) is 5.02 Å². The van der Waals surface area contributed by atoms with E-state index in [0.717, 1.165) is 16.9 Å². The monoisotopic (exact) mass is 262 g/mol. The van der Waals surface area contributed by atoms with E-state index in [0.29, 0.717) is 11.6 Å². The lowest BCUT2D eigenvalue weighted by Crippen LogP contribution is -2.04. The Morgan fingerprint density at radius 2 is 2.00 bits per heavy atom. The van der Waals surface area contributed by atoms with Gasteiger partial charge in [-0.15, -0.1) is 0 Å². The molecule has 3 nitrogen and oxygen atoms in total. The van der Waals surface area contributed by atoms with Gasteiger partial charge in [0.15, 0.2) is 0 Å². The van der Waals surface area contributed by atoms with Crippen LogP contribution in [0.15, 0.2) is 42.7 Å². The van der Waals surface area contributed by atoms with Crippen LogP contribution in [-0.2, 0) is 6.61 Å². The summed E-state index contributed by atoms with van der Waals surface area (Å²) in [6.45, 7) is 2.38. The SMILES string of the molecule is C[C@@H](N)c1ccc(OCc2ccncc2Cl)cc1. The van der Waals surface area contributed by atoms with Crippen LogP contribution in [0, 0.1) is 0 Å². The number of aromatic nitrogens is 1. The molecule has 0 aliphatic heterocycles. The van der Waals surface area contributed by atoms with Gasteiger partial charge in [0.2, 0.25) is 0 Å². The summed E-state index contributed by atoms with van der Waals surface area (Å²) in [6, 6.07) is 9.64. The van der Waals surface area contributed by atoms with Crippen molar-refractivity contribution in [1.29, 1.82) is 0 Å². The molecule has 4 heteroatoms. The largest absolute Gasteiger partial charge is 0.489 e. The highest BCUT2D eigenvalue weighted by atomic mass is 35.5. The maximum Gasteiger partial charge on any atom is 0.119 e. The molecule has 0 saturated heterocycles. The molecule has 1 atom stereocenters. The number of hydrogen-bond acceptors (Lipinski definition) is 3. The Bertz CT molecular complexity index is 511. The molecule has 0 unspecified atom stereocenters. The predicted molar refractivity (Wildman–Crippen MR) is 72.6 cm³/mol. The minimum absolute atomic E-state index is 0.0358. The number of nitrogens with two attached hydrogens (primary N) is 1. The second kappa shape index (κ2) is 5.85. The Morgan fingerprint density at radius 3 is 2.61 bits per heavy atom. The second-order valence-corrected chi connectivity index (χ2v) is 4.52. The highest BCUT2D eigenvalue weighted by Crippen LogP contribution is 2.19. The molecule has 18 heavy (non-hydrogen) atoms. The smallest absolute Gasteiger partial charge is 0.119 e. The van der Waals surface area contributed by atoms with Crippen molar-refractivity contribution in [3.05, 3.63) is 58.9 Å². The number of pyridine rings is 1. The van der Waals surface area contributed by atoms with Crippen LogP contribution in [0.1, 0.15) is 24.1 Å². The van der Waals surface area contributed by atoms with Gasteiger partial charge in [-0.1, -0.05) is 23.7 Å². The van der Waals surface area contributed by atoms with Gasteiger partial charge in [0, 0.05) is 24.0 Å². The molecular formula is C14H15ClN2O. The molecule has 0 aliphatic rings. The number of ether oxygens (including phenoxy) is 1. The first kappa shape index (κ1) is 12.9. The Hall–Kier alpha value is -1.58. The standard InChI is InChI=1S/C14H15ClN2O/c1-10(16)11-2-4-13(5-3-11)18-9-12-6-7-17-8-14(12)15/h2-8,10H,9,16H2,1H3/t10-/m1/s1. The average Bonchev–Trinajstić information content (AvgIpc) is 2.38. The van der Waals surface area contributed by atoms with E-state index in [4.69, 9.17) is 22.1 Å². The molecule has 1 aromatic heterocycles. The fraction of sp³-hybridized carbons (Fsp3) is 0.214. The van der Waals surface area contributed by atoms with E-state index < -0.39 is 0 Å². The van der Waals surface area contributed by atoms with E-state index in [1.165, 1.54) is 0 Å². The Balaban J connectivity index is 2.00. The first-order chi connectivity index (χ1) is 8.66. The van der Waals surface area contributed by atoms with Crippen LogP contribution in [0.3, 0.4) is 0 Å². The van der Waals surface area contributed by atoms with E-state index in [1.807, 2.05) is 37.3 Å². The van der Waals surface area contributed by atoms with Crippen molar-refractivity contribution in [3.63, 3.8) is 0 Å². The van der Waals surface area contributed by atoms with Crippen LogP contribution in [0.4, 0.5) is 0 Å². The Labute approximate surface area is 112 Å². The van der Waals surface area contributed by atoms with E-state index in [1.54, 1.807) is 12.4 Å². The van der Waals surface area contributed by atoms with Gasteiger partial charge in [0.25, 0.3) is 0 Å². The molecule has 0 fully saturated rings. The molecule has 1 heterocycles. The molecular weight excluding hydrogens is 248 g/mol. The summed E-state index contributed by atoms with van der Waals surface area (Å²) in [5.74, 6) is 0.798. The van der Waals surface area contributed by atoms with Crippen molar-refractivity contribution >= 4 is 11.6 Å². The Morgan fingerprint density at radius 1 is 1.28 bits per heavy atom. The molecule has 2 rings (SSSR count). The minimum atomic E-state index is 0.0358. The average molecular weight is 263 g/mol. The lowest BCUT2D eigenvalue weighted by molar-refractivity contribution is 0.306. The quantitative estimate of drug-likeness (QED) is 0.919. The molecule has 0 amide bonds. The fourth-order valence-corrected chi connectivity index (χ4v) is 1.72. The molecule has 0 aliphatic carbocycles. The van der Waals surface area contributed by atoms with Crippen LogP contribution in [0.5, 0.6) is 5.75 Å². The van der Waals surface area contributed by atoms with Crippen LogP contribution in [-0.4, -0.2) is 4.98 Å². The minimum Gasteiger partial charge on any atom is -0.489 e. The van der Waals surface area contributed by atoms with E-state index in [9.17, 15) is 0 Å². The third-order valence-electron chi connectivity index (χ3n) is 2.66. The number of rotatable bonds is 4. The molecule has 94 valence electrons.